The molecular formula is C16H24N2O2. The Labute approximate surface area is 121 Å². The van der Waals surface area contributed by atoms with Gasteiger partial charge in [-0.05, 0) is 36.8 Å². The monoisotopic (exact) mass is 276 g/mol. The molecule has 1 aromatic rings. The normalized spacial score (nSPS) is 19.2. The van der Waals surface area contributed by atoms with Gasteiger partial charge in [0.2, 0.25) is 0 Å². The second kappa shape index (κ2) is 5.81. The first-order valence-corrected chi connectivity index (χ1v) is 7.33. The van der Waals surface area contributed by atoms with Crippen LogP contribution in [-0.4, -0.2) is 30.1 Å². The molecule has 20 heavy (non-hydrogen) atoms. The van der Waals surface area contributed by atoms with Crippen LogP contribution in [0.25, 0.3) is 0 Å². The molecular weight excluding hydrogens is 252 g/mol. The SMILES string of the molecule is CCOC(=O)C1CCCN1c1ccc(C(C)(C)C)cn1. The zero-order valence-corrected chi connectivity index (χ0v) is 12.8. The quantitative estimate of drug-likeness (QED) is 0.796. The minimum atomic E-state index is -0.178. The van der Waals surface area contributed by atoms with Gasteiger partial charge >= 0.3 is 5.97 Å². The maximum absolute atomic E-state index is 12.0. The Bertz CT molecular complexity index is 462. The van der Waals surface area contributed by atoms with Gasteiger partial charge < -0.3 is 9.64 Å². The van der Waals surface area contributed by atoms with Gasteiger partial charge in [0.15, 0.2) is 0 Å². The van der Waals surface area contributed by atoms with Crippen molar-refractivity contribution >= 4 is 11.8 Å². The standard InChI is InChI=1S/C16H24N2O2/c1-5-20-15(19)13-7-6-10-18(13)14-9-8-12(11-17-14)16(2,3)4/h8-9,11,13H,5-7,10H2,1-4H3. The van der Waals surface area contributed by atoms with E-state index in [0.717, 1.165) is 25.2 Å². The molecule has 0 N–H and O–H groups in total. The van der Waals surface area contributed by atoms with Crippen molar-refractivity contribution in [2.75, 3.05) is 18.1 Å². The van der Waals surface area contributed by atoms with Crippen molar-refractivity contribution in [3.63, 3.8) is 0 Å². The summed E-state index contributed by atoms with van der Waals surface area (Å²) in [5.41, 5.74) is 1.30. The highest BCUT2D eigenvalue weighted by Gasteiger charge is 2.32. The third-order valence-electron chi connectivity index (χ3n) is 3.72. The zero-order valence-electron chi connectivity index (χ0n) is 12.8. The summed E-state index contributed by atoms with van der Waals surface area (Å²) >= 11 is 0. The molecule has 1 atom stereocenters. The number of carbonyl (C=O) groups is 1. The lowest BCUT2D eigenvalue weighted by Crippen LogP contribution is -2.37. The lowest BCUT2D eigenvalue weighted by atomic mass is 9.88. The van der Waals surface area contributed by atoms with Gasteiger partial charge in [-0.3, -0.25) is 0 Å². The van der Waals surface area contributed by atoms with Gasteiger partial charge in [0.25, 0.3) is 0 Å². The summed E-state index contributed by atoms with van der Waals surface area (Å²) < 4.78 is 5.15. The first-order valence-electron chi connectivity index (χ1n) is 7.33. The van der Waals surface area contributed by atoms with Crippen LogP contribution in [0, 0.1) is 0 Å². The lowest BCUT2D eigenvalue weighted by Gasteiger charge is -2.25. The van der Waals surface area contributed by atoms with E-state index in [4.69, 9.17) is 4.74 Å². The zero-order chi connectivity index (χ0) is 14.8. The van der Waals surface area contributed by atoms with Crippen LogP contribution < -0.4 is 4.90 Å². The van der Waals surface area contributed by atoms with Crippen molar-refractivity contribution in [3.05, 3.63) is 23.9 Å². The van der Waals surface area contributed by atoms with Crippen molar-refractivity contribution in [2.45, 2.75) is 52.0 Å². The Morgan fingerprint density at radius 2 is 2.20 bits per heavy atom. The van der Waals surface area contributed by atoms with Gasteiger partial charge in [0.05, 0.1) is 6.61 Å². The molecule has 1 aliphatic heterocycles. The maximum atomic E-state index is 12.0. The minimum Gasteiger partial charge on any atom is -0.464 e. The van der Waals surface area contributed by atoms with Gasteiger partial charge in [0, 0.05) is 12.7 Å². The van der Waals surface area contributed by atoms with Gasteiger partial charge in [-0.1, -0.05) is 26.8 Å². The molecule has 0 bridgehead atoms. The van der Waals surface area contributed by atoms with Gasteiger partial charge in [0.1, 0.15) is 11.9 Å². The van der Waals surface area contributed by atoms with E-state index in [9.17, 15) is 4.79 Å². The minimum absolute atomic E-state index is 0.0943. The first kappa shape index (κ1) is 14.8. The van der Waals surface area contributed by atoms with Crippen LogP contribution >= 0.6 is 0 Å². The van der Waals surface area contributed by atoms with Crippen LogP contribution in [0.5, 0.6) is 0 Å². The van der Waals surface area contributed by atoms with Crippen LogP contribution in [0.4, 0.5) is 5.82 Å². The van der Waals surface area contributed by atoms with Crippen LogP contribution in [0.3, 0.4) is 0 Å². The third-order valence-corrected chi connectivity index (χ3v) is 3.72. The molecule has 0 radical (unpaired) electrons. The number of pyridine rings is 1. The number of anilines is 1. The van der Waals surface area contributed by atoms with E-state index in [0.29, 0.717) is 6.61 Å². The summed E-state index contributed by atoms with van der Waals surface area (Å²) in [4.78, 5) is 18.6. The molecule has 2 rings (SSSR count). The number of hydrogen-bond donors (Lipinski definition) is 0. The van der Waals surface area contributed by atoms with E-state index >= 15 is 0 Å². The number of hydrogen-bond acceptors (Lipinski definition) is 4. The van der Waals surface area contributed by atoms with Crippen molar-refractivity contribution < 1.29 is 9.53 Å². The molecule has 1 aromatic heterocycles. The van der Waals surface area contributed by atoms with E-state index in [1.165, 1.54) is 5.56 Å². The smallest absolute Gasteiger partial charge is 0.328 e. The summed E-state index contributed by atoms with van der Waals surface area (Å²) in [6, 6.07) is 3.93. The Hall–Kier alpha value is -1.58. The van der Waals surface area contributed by atoms with Gasteiger partial charge in [-0.2, -0.15) is 0 Å². The molecule has 4 heteroatoms. The highest BCUT2D eigenvalue weighted by Crippen LogP contribution is 2.27. The lowest BCUT2D eigenvalue weighted by molar-refractivity contribution is -0.144. The Balaban J connectivity index is 2.16. The van der Waals surface area contributed by atoms with Crippen LogP contribution in [0.15, 0.2) is 18.3 Å². The highest BCUT2D eigenvalue weighted by molar-refractivity contribution is 5.80. The van der Waals surface area contributed by atoms with Crippen LogP contribution in [-0.2, 0) is 14.9 Å². The number of esters is 1. The molecule has 110 valence electrons. The van der Waals surface area contributed by atoms with Crippen molar-refractivity contribution in [1.29, 1.82) is 0 Å². The molecule has 0 amide bonds. The van der Waals surface area contributed by atoms with Gasteiger partial charge in [-0.25, -0.2) is 9.78 Å². The number of ether oxygens (including phenoxy) is 1. The summed E-state index contributed by atoms with van der Waals surface area (Å²) in [5.74, 6) is 0.736. The predicted molar refractivity (Wildman–Crippen MR) is 79.9 cm³/mol. The fourth-order valence-electron chi connectivity index (χ4n) is 2.52. The fraction of sp³-hybridized carbons (Fsp3) is 0.625. The molecule has 0 saturated carbocycles. The van der Waals surface area contributed by atoms with E-state index in [2.05, 4.69) is 36.7 Å². The predicted octanol–water partition coefficient (Wildman–Crippen LogP) is 2.91. The highest BCUT2D eigenvalue weighted by atomic mass is 16.5. The number of nitrogens with zero attached hydrogens (tertiary/aromatic N) is 2. The first-order chi connectivity index (χ1) is 9.43. The fourth-order valence-corrected chi connectivity index (χ4v) is 2.52. The molecule has 1 aliphatic rings. The van der Waals surface area contributed by atoms with Crippen LogP contribution in [0.1, 0.15) is 46.1 Å². The van der Waals surface area contributed by atoms with Crippen molar-refractivity contribution in [2.24, 2.45) is 0 Å². The number of aromatic nitrogens is 1. The molecule has 0 aromatic carbocycles. The summed E-state index contributed by atoms with van der Waals surface area (Å²) in [7, 11) is 0. The second-order valence-electron chi connectivity index (χ2n) is 6.26. The topological polar surface area (TPSA) is 42.4 Å². The summed E-state index contributed by atoms with van der Waals surface area (Å²) in [6.07, 6.45) is 3.77. The average Bonchev–Trinajstić information content (AvgIpc) is 2.87. The molecule has 1 unspecified atom stereocenters. The third kappa shape index (κ3) is 3.11. The second-order valence-corrected chi connectivity index (χ2v) is 6.26. The molecule has 0 aliphatic carbocycles. The molecule has 1 fully saturated rings. The van der Waals surface area contributed by atoms with Crippen molar-refractivity contribution in [1.82, 2.24) is 4.98 Å². The number of carbonyl (C=O) groups excluding carboxylic acids is 1. The van der Waals surface area contributed by atoms with E-state index in [-0.39, 0.29) is 17.4 Å². The Morgan fingerprint density at radius 3 is 2.75 bits per heavy atom. The van der Waals surface area contributed by atoms with E-state index < -0.39 is 0 Å². The largest absolute Gasteiger partial charge is 0.464 e. The van der Waals surface area contributed by atoms with Crippen molar-refractivity contribution in [3.8, 4) is 0 Å². The number of rotatable bonds is 3. The molecule has 0 spiro atoms. The maximum Gasteiger partial charge on any atom is 0.328 e. The molecule has 4 nitrogen and oxygen atoms in total. The summed E-state index contributed by atoms with van der Waals surface area (Å²) in [5, 5.41) is 0. The van der Waals surface area contributed by atoms with E-state index in [1.54, 1.807) is 0 Å². The van der Waals surface area contributed by atoms with Crippen LogP contribution in [0.2, 0.25) is 0 Å². The average molecular weight is 276 g/mol. The summed E-state index contributed by atoms with van der Waals surface area (Å²) in [6.45, 7) is 9.64. The van der Waals surface area contributed by atoms with E-state index in [1.807, 2.05) is 19.2 Å². The molecule has 1 saturated heterocycles. The molecule has 2 heterocycles. The Kier molecular flexibility index (Phi) is 4.31. The Morgan fingerprint density at radius 1 is 1.45 bits per heavy atom. The van der Waals surface area contributed by atoms with Gasteiger partial charge in [-0.15, -0.1) is 0 Å².